The minimum absolute atomic E-state index is 0.203. The van der Waals surface area contributed by atoms with E-state index in [1.165, 1.54) is 12.1 Å². The van der Waals surface area contributed by atoms with Crippen LogP contribution in [0.3, 0.4) is 0 Å². The Kier molecular flexibility index (Phi) is 4.17. The van der Waals surface area contributed by atoms with Crippen LogP contribution < -0.4 is 5.32 Å². The number of rotatable bonds is 3. The van der Waals surface area contributed by atoms with Gasteiger partial charge in [-0.2, -0.15) is 0 Å². The summed E-state index contributed by atoms with van der Waals surface area (Å²) in [6, 6.07) is 11.2. The fraction of sp³-hybridized carbons (Fsp3) is 0.133. The highest BCUT2D eigenvalue weighted by Gasteiger charge is 2.07. The maximum absolute atomic E-state index is 12.7. The lowest BCUT2D eigenvalue weighted by Crippen LogP contribution is -2.22. The molecule has 98 valence electrons. The van der Waals surface area contributed by atoms with Gasteiger partial charge in [-0.1, -0.05) is 29.8 Å². The number of amides is 1. The van der Waals surface area contributed by atoms with Crippen molar-refractivity contribution in [1.82, 2.24) is 5.32 Å². The molecule has 0 aromatic heterocycles. The summed E-state index contributed by atoms with van der Waals surface area (Å²) in [5.74, 6) is -0.494. The first-order chi connectivity index (χ1) is 9.06. The van der Waals surface area contributed by atoms with Crippen molar-refractivity contribution in [2.75, 3.05) is 0 Å². The first-order valence-electron chi connectivity index (χ1n) is 5.85. The van der Waals surface area contributed by atoms with Gasteiger partial charge in [-0.05, 0) is 42.3 Å². The summed E-state index contributed by atoms with van der Waals surface area (Å²) in [5, 5.41) is 3.33. The SMILES string of the molecule is Cc1ccc(C(=O)NCc2ccc(F)cc2)cc1Cl. The summed E-state index contributed by atoms with van der Waals surface area (Å²) in [6.07, 6.45) is 0. The first kappa shape index (κ1) is 13.6. The number of carbonyl (C=O) groups excluding carboxylic acids is 1. The topological polar surface area (TPSA) is 29.1 Å². The summed E-state index contributed by atoms with van der Waals surface area (Å²) in [6.45, 7) is 2.23. The van der Waals surface area contributed by atoms with Gasteiger partial charge in [0.2, 0.25) is 0 Å². The van der Waals surface area contributed by atoms with E-state index in [0.29, 0.717) is 17.1 Å². The molecule has 0 fully saturated rings. The fourth-order valence-electron chi connectivity index (χ4n) is 1.62. The fourth-order valence-corrected chi connectivity index (χ4v) is 1.80. The molecule has 0 bridgehead atoms. The molecular formula is C15H13ClFNO. The van der Waals surface area contributed by atoms with Crippen molar-refractivity contribution in [3.05, 3.63) is 70.0 Å². The van der Waals surface area contributed by atoms with Gasteiger partial charge in [0.05, 0.1) is 0 Å². The molecule has 0 heterocycles. The van der Waals surface area contributed by atoms with Crippen molar-refractivity contribution in [2.45, 2.75) is 13.5 Å². The molecule has 2 aromatic rings. The average Bonchev–Trinajstić information content (AvgIpc) is 2.41. The van der Waals surface area contributed by atoms with E-state index in [9.17, 15) is 9.18 Å². The Morgan fingerprint density at radius 1 is 1.21 bits per heavy atom. The minimum Gasteiger partial charge on any atom is -0.348 e. The minimum atomic E-state index is -0.291. The van der Waals surface area contributed by atoms with E-state index < -0.39 is 0 Å². The van der Waals surface area contributed by atoms with Crippen LogP contribution in [0.2, 0.25) is 5.02 Å². The van der Waals surface area contributed by atoms with Crippen LogP contribution in [-0.2, 0) is 6.54 Å². The van der Waals surface area contributed by atoms with E-state index in [1.54, 1.807) is 30.3 Å². The van der Waals surface area contributed by atoms with Crippen LogP contribution in [-0.4, -0.2) is 5.91 Å². The van der Waals surface area contributed by atoms with Gasteiger partial charge >= 0.3 is 0 Å². The van der Waals surface area contributed by atoms with Crippen molar-refractivity contribution in [2.24, 2.45) is 0 Å². The van der Waals surface area contributed by atoms with E-state index in [2.05, 4.69) is 5.32 Å². The second kappa shape index (κ2) is 5.85. The lowest BCUT2D eigenvalue weighted by molar-refractivity contribution is 0.0951. The van der Waals surface area contributed by atoms with Crippen LogP contribution >= 0.6 is 11.6 Å². The Morgan fingerprint density at radius 2 is 1.89 bits per heavy atom. The third-order valence-corrected chi connectivity index (χ3v) is 3.21. The van der Waals surface area contributed by atoms with Crippen molar-refractivity contribution in [3.63, 3.8) is 0 Å². The van der Waals surface area contributed by atoms with Crippen molar-refractivity contribution in [1.29, 1.82) is 0 Å². The standard InChI is InChI=1S/C15H13ClFNO/c1-10-2-5-12(8-14(10)16)15(19)18-9-11-3-6-13(17)7-4-11/h2-8H,9H2,1H3,(H,18,19). The molecular weight excluding hydrogens is 265 g/mol. The molecule has 0 aliphatic carbocycles. The lowest BCUT2D eigenvalue weighted by atomic mass is 10.1. The molecule has 2 rings (SSSR count). The zero-order chi connectivity index (χ0) is 13.8. The van der Waals surface area contributed by atoms with Gasteiger partial charge < -0.3 is 5.32 Å². The largest absolute Gasteiger partial charge is 0.348 e. The number of aryl methyl sites for hydroxylation is 1. The van der Waals surface area contributed by atoms with Crippen LogP contribution in [0.5, 0.6) is 0 Å². The van der Waals surface area contributed by atoms with Crippen LogP contribution in [0.4, 0.5) is 4.39 Å². The smallest absolute Gasteiger partial charge is 0.251 e. The average molecular weight is 278 g/mol. The molecule has 0 atom stereocenters. The zero-order valence-electron chi connectivity index (χ0n) is 10.4. The number of hydrogen-bond donors (Lipinski definition) is 1. The predicted molar refractivity (Wildman–Crippen MR) is 73.8 cm³/mol. The van der Waals surface area contributed by atoms with Gasteiger partial charge in [-0.15, -0.1) is 0 Å². The molecule has 2 nitrogen and oxygen atoms in total. The van der Waals surface area contributed by atoms with E-state index in [-0.39, 0.29) is 11.7 Å². The Morgan fingerprint density at radius 3 is 2.53 bits per heavy atom. The number of nitrogens with one attached hydrogen (secondary N) is 1. The van der Waals surface area contributed by atoms with E-state index in [4.69, 9.17) is 11.6 Å². The maximum atomic E-state index is 12.7. The van der Waals surface area contributed by atoms with Gasteiger partial charge in [-0.25, -0.2) is 4.39 Å². The normalized spacial score (nSPS) is 10.3. The molecule has 4 heteroatoms. The summed E-state index contributed by atoms with van der Waals surface area (Å²) in [7, 11) is 0. The molecule has 0 aliphatic heterocycles. The maximum Gasteiger partial charge on any atom is 0.251 e. The Hall–Kier alpha value is -1.87. The summed E-state index contributed by atoms with van der Waals surface area (Å²) < 4.78 is 12.7. The number of carbonyl (C=O) groups is 1. The Labute approximate surface area is 116 Å². The van der Waals surface area contributed by atoms with Gasteiger partial charge in [0.15, 0.2) is 0 Å². The monoisotopic (exact) mass is 277 g/mol. The second-order valence-electron chi connectivity index (χ2n) is 4.27. The molecule has 19 heavy (non-hydrogen) atoms. The van der Waals surface area contributed by atoms with Gasteiger partial charge in [0.1, 0.15) is 5.82 Å². The molecule has 0 saturated carbocycles. The quantitative estimate of drug-likeness (QED) is 0.910. The Bertz CT molecular complexity index is 596. The lowest BCUT2D eigenvalue weighted by Gasteiger charge is -2.06. The molecule has 1 amide bonds. The summed E-state index contributed by atoms with van der Waals surface area (Å²) in [5.41, 5.74) is 2.28. The molecule has 0 spiro atoms. The van der Waals surface area contributed by atoms with Crippen LogP contribution in [0, 0.1) is 12.7 Å². The van der Waals surface area contributed by atoms with Gasteiger partial charge in [-0.3, -0.25) is 4.79 Å². The van der Waals surface area contributed by atoms with Crippen molar-refractivity contribution in [3.8, 4) is 0 Å². The third-order valence-electron chi connectivity index (χ3n) is 2.80. The highest BCUT2D eigenvalue weighted by molar-refractivity contribution is 6.31. The van der Waals surface area contributed by atoms with E-state index in [1.807, 2.05) is 6.92 Å². The molecule has 0 saturated heterocycles. The molecule has 0 unspecified atom stereocenters. The Balaban J connectivity index is 2.01. The zero-order valence-corrected chi connectivity index (χ0v) is 11.2. The molecule has 1 N–H and O–H groups in total. The number of halogens is 2. The first-order valence-corrected chi connectivity index (χ1v) is 6.23. The van der Waals surface area contributed by atoms with Gasteiger partial charge in [0, 0.05) is 17.1 Å². The number of hydrogen-bond acceptors (Lipinski definition) is 1. The highest BCUT2D eigenvalue weighted by atomic mass is 35.5. The van der Waals surface area contributed by atoms with Crippen LogP contribution in [0.25, 0.3) is 0 Å². The second-order valence-corrected chi connectivity index (χ2v) is 4.68. The van der Waals surface area contributed by atoms with E-state index >= 15 is 0 Å². The summed E-state index contributed by atoms with van der Waals surface area (Å²) >= 11 is 5.97. The third kappa shape index (κ3) is 3.55. The van der Waals surface area contributed by atoms with Crippen LogP contribution in [0.1, 0.15) is 21.5 Å². The highest BCUT2D eigenvalue weighted by Crippen LogP contribution is 2.16. The number of benzene rings is 2. The molecule has 0 aliphatic rings. The van der Waals surface area contributed by atoms with E-state index in [0.717, 1.165) is 11.1 Å². The van der Waals surface area contributed by atoms with Crippen molar-refractivity contribution >= 4 is 17.5 Å². The summed E-state index contributed by atoms with van der Waals surface area (Å²) in [4.78, 5) is 11.9. The molecule has 0 radical (unpaired) electrons. The van der Waals surface area contributed by atoms with Crippen LogP contribution in [0.15, 0.2) is 42.5 Å². The van der Waals surface area contributed by atoms with Crippen molar-refractivity contribution < 1.29 is 9.18 Å². The predicted octanol–water partition coefficient (Wildman–Crippen LogP) is 3.72. The van der Waals surface area contributed by atoms with Gasteiger partial charge in [0.25, 0.3) is 5.91 Å². The molecule has 2 aromatic carbocycles.